The van der Waals surface area contributed by atoms with Crippen molar-refractivity contribution >= 4 is 17.7 Å². The van der Waals surface area contributed by atoms with E-state index < -0.39 is 5.97 Å². The van der Waals surface area contributed by atoms with Crippen LogP contribution in [0.3, 0.4) is 0 Å². The number of hydrogen-bond acceptors (Lipinski definition) is 4. The summed E-state index contributed by atoms with van der Waals surface area (Å²) in [6, 6.07) is 7.00. The first-order valence-electron chi connectivity index (χ1n) is 6.39. The molecule has 0 fully saturated rings. The third kappa shape index (κ3) is 3.60. The van der Waals surface area contributed by atoms with E-state index in [0.29, 0.717) is 17.2 Å². The fourth-order valence-electron chi connectivity index (χ4n) is 1.81. The lowest BCUT2D eigenvalue weighted by Crippen LogP contribution is -2.09. The van der Waals surface area contributed by atoms with E-state index in [1.165, 1.54) is 11.8 Å². The van der Waals surface area contributed by atoms with Gasteiger partial charge in [-0.25, -0.2) is 14.5 Å². The molecule has 0 spiro atoms. The van der Waals surface area contributed by atoms with Crippen LogP contribution in [0.2, 0.25) is 0 Å². The molecule has 0 aliphatic rings. The number of rotatable bonds is 6. The van der Waals surface area contributed by atoms with Gasteiger partial charge in [-0.3, -0.25) is 0 Å². The minimum Gasteiger partial charge on any atom is -0.478 e. The molecular weight excluding hydrogens is 274 g/mol. The Morgan fingerprint density at radius 2 is 2.15 bits per heavy atom. The molecule has 0 saturated carbocycles. The van der Waals surface area contributed by atoms with E-state index in [4.69, 9.17) is 5.11 Å². The van der Waals surface area contributed by atoms with E-state index in [-0.39, 0.29) is 0 Å². The maximum atomic E-state index is 11.1. The summed E-state index contributed by atoms with van der Waals surface area (Å²) in [6.07, 6.45) is 1.54. The molecule has 0 aliphatic heterocycles. The SMILES string of the molecule is CC(C)Cn1ncnc1CSc1ccccc1C(=O)O. The van der Waals surface area contributed by atoms with Gasteiger partial charge in [0.1, 0.15) is 12.2 Å². The standard InChI is InChI=1S/C14H17N3O2S/c1-10(2)7-17-13(15-9-16-17)8-20-12-6-4-3-5-11(12)14(18)19/h3-6,9-10H,7-8H2,1-2H3,(H,18,19). The van der Waals surface area contributed by atoms with Crippen LogP contribution in [0, 0.1) is 5.92 Å². The van der Waals surface area contributed by atoms with Crippen LogP contribution in [-0.2, 0) is 12.3 Å². The van der Waals surface area contributed by atoms with Gasteiger partial charge in [0.25, 0.3) is 0 Å². The topological polar surface area (TPSA) is 68.0 Å². The summed E-state index contributed by atoms with van der Waals surface area (Å²) in [5, 5.41) is 13.4. The highest BCUT2D eigenvalue weighted by Gasteiger charge is 2.12. The summed E-state index contributed by atoms with van der Waals surface area (Å²) in [4.78, 5) is 16.1. The third-order valence-corrected chi connectivity index (χ3v) is 3.78. The largest absolute Gasteiger partial charge is 0.478 e. The molecule has 0 radical (unpaired) electrons. The molecule has 5 nitrogen and oxygen atoms in total. The Morgan fingerprint density at radius 1 is 1.40 bits per heavy atom. The molecule has 1 aromatic carbocycles. The Labute approximate surface area is 122 Å². The summed E-state index contributed by atoms with van der Waals surface area (Å²) >= 11 is 1.47. The molecular formula is C14H17N3O2S. The number of aromatic nitrogens is 3. The van der Waals surface area contributed by atoms with Crippen LogP contribution in [0.5, 0.6) is 0 Å². The smallest absolute Gasteiger partial charge is 0.336 e. The van der Waals surface area contributed by atoms with Gasteiger partial charge in [-0.15, -0.1) is 11.8 Å². The number of carboxylic acids is 1. The van der Waals surface area contributed by atoms with E-state index >= 15 is 0 Å². The molecule has 6 heteroatoms. The van der Waals surface area contributed by atoms with Crippen molar-refractivity contribution in [2.24, 2.45) is 5.92 Å². The predicted molar refractivity (Wildman–Crippen MR) is 77.8 cm³/mol. The van der Waals surface area contributed by atoms with Gasteiger partial charge in [-0.1, -0.05) is 26.0 Å². The van der Waals surface area contributed by atoms with Crippen molar-refractivity contribution < 1.29 is 9.90 Å². The second-order valence-corrected chi connectivity index (χ2v) is 5.86. The van der Waals surface area contributed by atoms with E-state index in [1.807, 2.05) is 16.8 Å². The average molecular weight is 291 g/mol. The Kier molecular flexibility index (Phi) is 4.79. The van der Waals surface area contributed by atoms with Crippen LogP contribution < -0.4 is 0 Å². The summed E-state index contributed by atoms with van der Waals surface area (Å²) in [5.74, 6) is 1.06. The van der Waals surface area contributed by atoms with Crippen molar-refractivity contribution in [2.75, 3.05) is 0 Å². The van der Waals surface area contributed by atoms with Crippen molar-refractivity contribution in [3.63, 3.8) is 0 Å². The Balaban J connectivity index is 2.10. The van der Waals surface area contributed by atoms with E-state index in [1.54, 1.807) is 18.5 Å². The Morgan fingerprint density at radius 3 is 2.85 bits per heavy atom. The maximum absolute atomic E-state index is 11.1. The van der Waals surface area contributed by atoms with Gasteiger partial charge >= 0.3 is 5.97 Å². The van der Waals surface area contributed by atoms with E-state index in [9.17, 15) is 4.79 Å². The normalized spacial score (nSPS) is 10.9. The van der Waals surface area contributed by atoms with Gasteiger partial charge in [0.2, 0.25) is 0 Å². The third-order valence-electron chi connectivity index (χ3n) is 2.71. The Bertz CT molecular complexity index is 596. The lowest BCUT2D eigenvalue weighted by Gasteiger charge is -2.09. The summed E-state index contributed by atoms with van der Waals surface area (Å²) in [6.45, 7) is 5.06. The number of benzene rings is 1. The quantitative estimate of drug-likeness (QED) is 0.829. The zero-order valence-corrected chi connectivity index (χ0v) is 12.3. The first-order valence-corrected chi connectivity index (χ1v) is 7.38. The maximum Gasteiger partial charge on any atom is 0.336 e. The van der Waals surface area contributed by atoms with Gasteiger partial charge in [-0.05, 0) is 18.1 Å². The van der Waals surface area contributed by atoms with Crippen molar-refractivity contribution in [1.82, 2.24) is 14.8 Å². The summed E-state index contributed by atoms with van der Waals surface area (Å²) in [5.41, 5.74) is 0.326. The van der Waals surface area contributed by atoms with Gasteiger partial charge in [0.05, 0.1) is 11.3 Å². The molecule has 0 unspecified atom stereocenters. The molecule has 1 heterocycles. The number of aromatic carboxylic acids is 1. The number of carboxylic acid groups (broad SMARTS) is 1. The number of carbonyl (C=O) groups is 1. The lowest BCUT2D eigenvalue weighted by atomic mass is 10.2. The average Bonchev–Trinajstić information content (AvgIpc) is 2.83. The van der Waals surface area contributed by atoms with Gasteiger partial charge in [0, 0.05) is 11.4 Å². The molecule has 0 saturated heterocycles. The fourth-order valence-corrected chi connectivity index (χ4v) is 2.80. The van der Waals surface area contributed by atoms with Crippen molar-refractivity contribution in [1.29, 1.82) is 0 Å². The first-order chi connectivity index (χ1) is 9.58. The molecule has 0 bridgehead atoms. The van der Waals surface area contributed by atoms with Crippen molar-refractivity contribution in [3.8, 4) is 0 Å². The molecule has 1 N–H and O–H groups in total. The second kappa shape index (κ2) is 6.56. The summed E-state index contributed by atoms with van der Waals surface area (Å²) < 4.78 is 1.88. The predicted octanol–water partition coefficient (Wildman–Crippen LogP) is 2.92. The molecule has 0 atom stereocenters. The van der Waals surface area contributed by atoms with Crippen LogP contribution in [0.15, 0.2) is 35.5 Å². The molecule has 106 valence electrons. The first kappa shape index (κ1) is 14.6. The fraction of sp³-hybridized carbons (Fsp3) is 0.357. The van der Waals surface area contributed by atoms with Gasteiger partial charge in [0.15, 0.2) is 0 Å². The molecule has 0 amide bonds. The van der Waals surface area contributed by atoms with Crippen LogP contribution in [0.25, 0.3) is 0 Å². The highest BCUT2D eigenvalue weighted by molar-refractivity contribution is 7.98. The second-order valence-electron chi connectivity index (χ2n) is 4.84. The molecule has 2 rings (SSSR count). The minimum absolute atomic E-state index is 0.326. The molecule has 2 aromatic rings. The zero-order chi connectivity index (χ0) is 14.5. The van der Waals surface area contributed by atoms with Gasteiger partial charge < -0.3 is 5.11 Å². The lowest BCUT2D eigenvalue weighted by molar-refractivity contribution is 0.0693. The van der Waals surface area contributed by atoms with E-state index in [0.717, 1.165) is 17.3 Å². The number of nitrogens with zero attached hydrogens (tertiary/aromatic N) is 3. The monoisotopic (exact) mass is 291 g/mol. The Hall–Kier alpha value is -1.82. The van der Waals surface area contributed by atoms with E-state index in [2.05, 4.69) is 23.9 Å². The highest BCUT2D eigenvalue weighted by atomic mass is 32.2. The zero-order valence-electron chi connectivity index (χ0n) is 11.5. The van der Waals surface area contributed by atoms with Crippen LogP contribution in [0.4, 0.5) is 0 Å². The number of hydrogen-bond donors (Lipinski definition) is 1. The van der Waals surface area contributed by atoms with Crippen LogP contribution >= 0.6 is 11.8 Å². The van der Waals surface area contributed by atoms with Crippen molar-refractivity contribution in [2.45, 2.75) is 31.0 Å². The van der Waals surface area contributed by atoms with Crippen LogP contribution in [0.1, 0.15) is 30.0 Å². The minimum atomic E-state index is -0.906. The highest BCUT2D eigenvalue weighted by Crippen LogP contribution is 2.25. The van der Waals surface area contributed by atoms with Gasteiger partial charge in [-0.2, -0.15) is 5.10 Å². The molecule has 20 heavy (non-hydrogen) atoms. The molecule has 0 aliphatic carbocycles. The summed E-state index contributed by atoms with van der Waals surface area (Å²) in [7, 11) is 0. The van der Waals surface area contributed by atoms with Crippen molar-refractivity contribution in [3.05, 3.63) is 42.0 Å². The number of thioether (sulfide) groups is 1. The van der Waals surface area contributed by atoms with Crippen LogP contribution in [-0.4, -0.2) is 25.8 Å². The molecule has 1 aromatic heterocycles.